The van der Waals surface area contributed by atoms with Crippen LogP contribution in [-0.2, 0) is 21.7 Å². The fourth-order valence-corrected chi connectivity index (χ4v) is 18.9. The van der Waals surface area contributed by atoms with E-state index in [9.17, 15) is 5.26 Å². The lowest BCUT2D eigenvalue weighted by atomic mass is 9.33. The summed E-state index contributed by atoms with van der Waals surface area (Å²) in [4.78, 5) is 5.42. The summed E-state index contributed by atoms with van der Waals surface area (Å²) in [6.45, 7) is 27.3. The monoisotopic (exact) mass is 1530 g/mol. The molecule has 2 aliphatic rings. The molecule has 0 saturated heterocycles. The molecule has 0 bridgehead atoms. The van der Waals surface area contributed by atoms with Crippen molar-refractivity contribution in [3.05, 3.63) is 380 Å². The zero-order valence-corrected chi connectivity index (χ0v) is 69.8. The summed E-state index contributed by atoms with van der Waals surface area (Å²) in [5, 5.41) is 16.0. The van der Waals surface area contributed by atoms with E-state index in [-0.39, 0.29) is 28.4 Å². The molecule has 20 rings (SSSR count). The second-order valence-electron chi connectivity index (χ2n) is 36.8. The van der Waals surface area contributed by atoms with E-state index in [0.717, 1.165) is 145 Å². The first kappa shape index (κ1) is 74.1. The van der Waals surface area contributed by atoms with Crippen LogP contribution in [0, 0.1) is 11.3 Å². The Hall–Kier alpha value is -13.7. The Labute approximate surface area is 700 Å². The van der Waals surface area contributed by atoms with Crippen LogP contribution in [0.25, 0.3) is 133 Å². The predicted octanol–water partition coefficient (Wildman–Crippen LogP) is 28.7. The third-order valence-electron chi connectivity index (χ3n) is 25.2. The number of hydrogen-bond acceptors (Lipinski definition) is 3. The Kier molecular flexibility index (Phi) is 17.6. The molecule has 0 radical (unpaired) electrons. The van der Waals surface area contributed by atoms with Gasteiger partial charge in [0, 0.05) is 77.9 Å². The highest BCUT2D eigenvalue weighted by molar-refractivity contribution is 7.00. The number of para-hydroxylation sites is 4. The summed E-state index contributed by atoms with van der Waals surface area (Å²) >= 11 is 0. The van der Waals surface area contributed by atoms with Crippen molar-refractivity contribution in [3.63, 3.8) is 0 Å². The minimum Gasteiger partial charge on any atom is -0.310 e. The van der Waals surface area contributed by atoms with Crippen LogP contribution >= 0.6 is 0 Å². The molecule has 574 valence electrons. The molecule has 6 heteroatoms. The van der Waals surface area contributed by atoms with E-state index in [0.29, 0.717) is 5.56 Å². The minimum atomic E-state index is -0.347. The lowest BCUT2D eigenvalue weighted by molar-refractivity contribution is 0.590. The number of hydrogen-bond donors (Lipinski definition) is 0. The van der Waals surface area contributed by atoms with Crippen LogP contribution in [-0.4, -0.2) is 15.8 Å². The van der Waals surface area contributed by atoms with Crippen molar-refractivity contribution in [3.8, 4) is 95.3 Å². The van der Waals surface area contributed by atoms with Gasteiger partial charge in [0.2, 0.25) is 0 Å². The van der Waals surface area contributed by atoms with Crippen LogP contribution < -0.4 is 26.2 Å². The van der Waals surface area contributed by atoms with Gasteiger partial charge in [0.1, 0.15) is 0 Å². The molecule has 0 unspecified atom stereocenters. The lowest BCUT2D eigenvalue weighted by Gasteiger charge is -2.46. The first-order chi connectivity index (χ1) is 57.5. The molecule has 2 aliphatic heterocycles. The van der Waals surface area contributed by atoms with Crippen LogP contribution in [0.15, 0.2) is 352 Å². The van der Waals surface area contributed by atoms with Crippen molar-refractivity contribution < 1.29 is 0 Å². The van der Waals surface area contributed by atoms with Gasteiger partial charge >= 0.3 is 0 Å². The van der Waals surface area contributed by atoms with Gasteiger partial charge in [0.05, 0.1) is 45.1 Å². The van der Waals surface area contributed by atoms with Crippen molar-refractivity contribution in [1.82, 2.24) is 9.13 Å². The van der Waals surface area contributed by atoms with E-state index in [1.165, 1.54) is 60.2 Å². The molecule has 119 heavy (non-hydrogen) atoms. The molecule has 2 aromatic heterocycles. The number of nitriles is 1. The maximum Gasteiger partial charge on any atom is 0.252 e. The number of rotatable bonds is 11. The maximum absolute atomic E-state index is 11.2. The van der Waals surface area contributed by atoms with Gasteiger partial charge in [-0.3, -0.25) is 0 Å². The van der Waals surface area contributed by atoms with E-state index >= 15 is 0 Å². The summed E-state index contributed by atoms with van der Waals surface area (Å²) in [6, 6.07) is 136. The lowest BCUT2D eigenvalue weighted by Crippen LogP contribution is -2.61. The van der Waals surface area contributed by atoms with Crippen molar-refractivity contribution in [1.29, 1.82) is 5.26 Å². The smallest absolute Gasteiger partial charge is 0.252 e. The number of benzene rings is 16. The van der Waals surface area contributed by atoms with Crippen LogP contribution in [0.3, 0.4) is 0 Å². The Morgan fingerprint density at radius 3 is 0.866 bits per heavy atom. The molecule has 5 nitrogen and oxygen atoms in total. The standard InChI is InChI=1S/C113H94BN5/c1-110(2,3)82-51-43-74(44-52-82)93-63-79(72-29-15-13-16-30-72)64-94(75-45-53-83(54-46-75)111(4,5)6)108(93)118-103-69-86(116-99-39-25-21-35-89(99)90-36-22-26-40-100(90)116)59-61-97(103)114-98-62-60-87(117-101-41-27-23-37-91(101)92-38-24-28-42-102(92)117)70-104(98)119(106-68-80(67-105(118)107(106)114)73-31-17-14-18-32-73)109-95(76-47-55-84(56-48-76)112(7,8)9)65-81(88-34-20-19-33-78(88)71-115)66-96(109)77-49-57-85(58-50-77)113(10,11)12/h13-70H,1-12H3. The zero-order chi connectivity index (χ0) is 81.5. The molecule has 0 spiro atoms. The zero-order valence-electron chi connectivity index (χ0n) is 69.8. The molecule has 16 aromatic carbocycles. The Balaban J connectivity index is 0.991. The highest BCUT2D eigenvalue weighted by atomic mass is 15.2. The SMILES string of the molecule is CC(C)(C)c1ccc(-c2cc(-c3ccccc3)cc(-c3ccc(C(C)(C)C)cc3)c2N2c3cc(-n4c5ccccc5c5ccccc54)ccc3B3c4ccc(-n5c6ccccc6c6ccccc65)cc4N(c4c(-c5ccc(C(C)(C)C)cc5)cc(-c5ccccc5C#N)cc4-c4ccc(C(C)(C)C)cc4)c4cc(-c5ccccc5)cc2c43)cc1. The minimum absolute atomic E-state index is 0.104. The largest absolute Gasteiger partial charge is 0.310 e. The molecule has 0 amide bonds. The van der Waals surface area contributed by atoms with Gasteiger partial charge in [-0.05, 0) is 207 Å². The number of fused-ring (bicyclic) bond motifs is 10. The molecule has 0 N–H and O–H groups in total. The van der Waals surface area contributed by atoms with E-state index in [4.69, 9.17) is 0 Å². The fraction of sp³-hybridized carbons (Fsp3) is 0.142. The summed E-state index contributed by atoms with van der Waals surface area (Å²) in [7, 11) is 0. The first-order valence-corrected chi connectivity index (χ1v) is 42.0. The number of anilines is 6. The Morgan fingerprint density at radius 2 is 0.538 bits per heavy atom. The van der Waals surface area contributed by atoms with Crippen LogP contribution in [0.5, 0.6) is 0 Å². The van der Waals surface area contributed by atoms with Gasteiger partial charge in [-0.1, -0.05) is 344 Å². The van der Waals surface area contributed by atoms with E-state index in [1.807, 2.05) is 12.1 Å². The first-order valence-electron chi connectivity index (χ1n) is 42.0. The molecule has 0 fully saturated rings. The van der Waals surface area contributed by atoms with Gasteiger partial charge < -0.3 is 18.9 Å². The van der Waals surface area contributed by atoms with E-state index < -0.39 is 0 Å². The van der Waals surface area contributed by atoms with Crippen molar-refractivity contribution in [2.24, 2.45) is 0 Å². The van der Waals surface area contributed by atoms with Crippen LogP contribution in [0.1, 0.15) is 111 Å². The number of aromatic nitrogens is 2. The predicted molar refractivity (Wildman–Crippen MR) is 507 cm³/mol. The average Bonchev–Trinajstić information content (AvgIpc) is 1.52. The molecular weight excluding hydrogens is 1440 g/mol. The summed E-state index contributed by atoms with van der Waals surface area (Å²) < 4.78 is 4.99. The van der Waals surface area contributed by atoms with Crippen molar-refractivity contribution >= 4 is 101 Å². The molecule has 18 aromatic rings. The Morgan fingerprint density at radius 1 is 0.244 bits per heavy atom. The van der Waals surface area contributed by atoms with Crippen molar-refractivity contribution in [2.45, 2.75) is 105 Å². The highest BCUT2D eigenvalue weighted by Gasteiger charge is 2.46. The second-order valence-corrected chi connectivity index (χ2v) is 36.8. The highest BCUT2D eigenvalue weighted by Crippen LogP contribution is 2.57. The summed E-state index contributed by atoms with van der Waals surface area (Å²) in [6.07, 6.45) is 0. The molecule has 0 aliphatic carbocycles. The Bertz CT molecular complexity index is 6850. The molecule has 0 saturated carbocycles. The van der Waals surface area contributed by atoms with Gasteiger partial charge in [-0.25, -0.2) is 0 Å². The normalized spacial score (nSPS) is 12.8. The maximum atomic E-state index is 11.2. The van der Waals surface area contributed by atoms with E-state index in [2.05, 4.69) is 448 Å². The third-order valence-corrected chi connectivity index (χ3v) is 25.2. The van der Waals surface area contributed by atoms with Crippen LogP contribution in [0.4, 0.5) is 34.1 Å². The summed E-state index contributed by atoms with van der Waals surface area (Å²) in [5.74, 6) is 0. The molecule has 0 atom stereocenters. The average molecular weight is 1530 g/mol. The molecular formula is C113H94BN5. The van der Waals surface area contributed by atoms with Gasteiger partial charge in [-0.2, -0.15) is 5.26 Å². The number of nitrogens with zero attached hydrogens (tertiary/aromatic N) is 5. The quantitative estimate of drug-likeness (QED) is 0.121. The molecule has 4 heterocycles. The fourth-order valence-electron chi connectivity index (χ4n) is 18.9. The van der Waals surface area contributed by atoms with Gasteiger partial charge in [0.25, 0.3) is 6.71 Å². The topological polar surface area (TPSA) is 40.1 Å². The van der Waals surface area contributed by atoms with Crippen LogP contribution in [0.2, 0.25) is 0 Å². The summed E-state index contributed by atoms with van der Waals surface area (Å²) in [5.41, 5.74) is 36.5. The third kappa shape index (κ3) is 12.7. The van der Waals surface area contributed by atoms with Gasteiger partial charge in [-0.15, -0.1) is 0 Å². The van der Waals surface area contributed by atoms with Gasteiger partial charge in [0.15, 0.2) is 0 Å². The van der Waals surface area contributed by atoms with E-state index in [1.54, 1.807) is 0 Å². The second kappa shape index (κ2) is 28.3. The van der Waals surface area contributed by atoms with Crippen molar-refractivity contribution in [2.75, 3.05) is 9.80 Å².